The Kier molecular flexibility index (Phi) is 7.01. The number of benzene rings is 1. The van der Waals surface area contributed by atoms with Crippen LogP contribution >= 0.6 is 11.8 Å². The molecule has 10 heteroatoms. The molecule has 0 saturated carbocycles. The van der Waals surface area contributed by atoms with Crippen LogP contribution in [-0.2, 0) is 10.3 Å². The summed E-state index contributed by atoms with van der Waals surface area (Å²) in [5, 5.41) is 3.07. The average molecular weight is 458 g/mol. The highest BCUT2D eigenvalue weighted by atomic mass is 32.2. The zero-order valence-electron chi connectivity index (χ0n) is 18.0. The van der Waals surface area contributed by atoms with E-state index in [0.29, 0.717) is 29.4 Å². The molecule has 2 heterocycles. The Morgan fingerprint density at radius 2 is 2.16 bits per heavy atom. The molecule has 0 bridgehead atoms. The summed E-state index contributed by atoms with van der Waals surface area (Å²) in [6.07, 6.45) is 8.20. The Balaban J connectivity index is 1.83. The van der Waals surface area contributed by atoms with Gasteiger partial charge >= 0.3 is 0 Å². The van der Waals surface area contributed by atoms with Gasteiger partial charge < -0.3 is 20.5 Å². The summed E-state index contributed by atoms with van der Waals surface area (Å²) in [6.45, 7) is 4.30. The van der Waals surface area contributed by atoms with Crippen molar-refractivity contribution in [3.05, 3.63) is 47.7 Å². The summed E-state index contributed by atoms with van der Waals surface area (Å²) in [7, 11) is 1.61. The highest BCUT2D eigenvalue weighted by Gasteiger charge is 2.43. The number of carbonyl (C=O) groups is 1. The van der Waals surface area contributed by atoms with Gasteiger partial charge in [0.15, 0.2) is 11.8 Å². The van der Waals surface area contributed by atoms with Crippen molar-refractivity contribution in [2.24, 2.45) is 10.7 Å². The Morgan fingerprint density at radius 1 is 1.38 bits per heavy atom. The molecular weight excluding hydrogens is 433 g/mol. The second-order valence-corrected chi connectivity index (χ2v) is 9.38. The standard InChI is InChI=1S/C22H24FN5O3S/c1-5-8-31-18-11-25-17(10-26-18)19(29)27-14-6-7-16(23)15(9-14)22(3)12-21(2,13-30-4)32-20(24)28-22/h1,6-7,9-11H,8,12-13H2,2-4H3,(H2,24,28)(H,27,29)/t21-,22+/m1/s1. The number of methoxy groups -OCH3 is 1. The van der Waals surface area contributed by atoms with E-state index in [-0.39, 0.29) is 22.9 Å². The fourth-order valence-corrected chi connectivity index (χ4v) is 4.98. The van der Waals surface area contributed by atoms with E-state index < -0.39 is 17.3 Å². The predicted octanol–water partition coefficient (Wildman–Crippen LogP) is 2.95. The Bertz CT molecular complexity index is 1070. The van der Waals surface area contributed by atoms with Crippen molar-refractivity contribution in [2.45, 2.75) is 30.6 Å². The van der Waals surface area contributed by atoms with Gasteiger partial charge in [-0.25, -0.2) is 14.4 Å². The van der Waals surface area contributed by atoms with Gasteiger partial charge in [0.2, 0.25) is 5.88 Å². The molecule has 1 aliphatic heterocycles. The first-order valence-electron chi connectivity index (χ1n) is 9.71. The van der Waals surface area contributed by atoms with Crippen LogP contribution in [0.3, 0.4) is 0 Å². The lowest BCUT2D eigenvalue weighted by molar-refractivity contribution is 0.102. The van der Waals surface area contributed by atoms with Crippen LogP contribution in [0.5, 0.6) is 5.88 Å². The van der Waals surface area contributed by atoms with Gasteiger partial charge in [-0.3, -0.25) is 9.79 Å². The summed E-state index contributed by atoms with van der Waals surface area (Å²) in [4.78, 5) is 25.1. The van der Waals surface area contributed by atoms with Crippen molar-refractivity contribution in [1.29, 1.82) is 0 Å². The molecule has 0 saturated heterocycles. The molecule has 0 radical (unpaired) electrons. The zero-order valence-corrected chi connectivity index (χ0v) is 18.8. The molecule has 2 atom stereocenters. The van der Waals surface area contributed by atoms with E-state index in [4.69, 9.17) is 21.6 Å². The van der Waals surface area contributed by atoms with Crippen LogP contribution in [0.1, 0.15) is 36.3 Å². The second-order valence-electron chi connectivity index (χ2n) is 7.77. The molecule has 3 rings (SSSR count). The molecule has 0 spiro atoms. The average Bonchev–Trinajstić information content (AvgIpc) is 2.72. The van der Waals surface area contributed by atoms with Crippen LogP contribution in [0.25, 0.3) is 0 Å². The first kappa shape index (κ1) is 23.5. The molecule has 0 fully saturated rings. The molecular formula is C22H24FN5O3S. The van der Waals surface area contributed by atoms with Crippen LogP contribution < -0.4 is 15.8 Å². The molecule has 3 N–H and O–H groups in total. The van der Waals surface area contributed by atoms with E-state index in [2.05, 4.69) is 26.2 Å². The molecule has 1 aromatic carbocycles. The minimum Gasteiger partial charge on any atom is -0.463 e. The minimum atomic E-state index is -0.927. The first-order chi connectivity index (χ1) is 15.2. The highest BCUT2D eigenvalue weighted by Crippen LogP contribution is 2.46. The summed E-state index contributed by atoms with van der Waals surface area (Å²) in [5.41, 5.74) is 5.93. The van der Waals surface area contributed by atoms with E-state index in [1.165, 1.54) is 36.3 Å². The summed E-state index contributed by atoms with van der Waals surface area (Å²) >= 11 is 1.41. The number of aromatic nitrogens is 2. The smallest absolute Gasteiger partial charge is 0.275 e. The molecule has 168 valence electrons. The minimum absolute atomic E-state index is 0.0479. The van der Waals surface area contributed by atoms with E-state index >= 15 is 0 Å². The van der Waals surface area contributed by atoms with Gasteiger partial charge in [0.05, 0.1) is 24.5 Å². The van der Waals surface area contributed by atoms with Gasteiger partial charge in [-0.05, 0) is 38.5 Å². The van der Waals surface area contributed by atoms with E-state index in [0.717, 1.165) is 0 Å². The van der Waals surface area contributed by atoms with E-state index in [1.807, 2.05) is 13.8 Å². The van der Waals surface area contributed by atoms with Gasteiger partial charge in [0, 0.05) is 23.1 Å². The topological polar surface area (TPSA) is 112 Å². The lowest BCUT2D eigenvalue weighted by Crippen LogP contribution is -2.43. The van der Waals surface area contributed by atoms with Crippen molar-refractivity contribution in [3.8, 4) is 18.2 Å². The van der Waals surface area contributed by atoms with Crippen LogP contribution in [0.15, 0.2) is 35.6 Å². The molecule has 0 aliphatic carbocycles. The lowest BCUT2D eigenvalue weighted by Gasteiger charge is -2.41. The SMILES string of the molecule is C#CCOc1cnc(C(=O)Nc2ccc(F)c([C@]3(C)C[C@](C)(COC)SC(N)=N3)c2)cn1. The Labute approximate surface area is 190 Å². The highest BCUT2D eigenvalue weighted by molar-refractivity contribution is 8.15. The van der Waals surface area contributed by atoms with Gasteiger partial charge in [0.1, 0.15) is 11.5 Å². The van der Waals surface area contributed by atoms with E-state index in [9.17, 15) is 9.18 Å². The van der Waals surface area contributed by atoms with Crippen molar-refractivity contribution >= 4 is 28.5 Å². The number of hydrogen-bond donors (Lipinski definition) is 2. The maximum atomic E-state index is 14.9. The number of hydrogen-bond acceptors (Lipinski definition) is 8. The number of amides is 1. The van der Waals surface area contributed by atoms with Crippen LogP contribution in [0, 0.1) is 18.2 Å². The molecule has 0 unspecified atom stereocenters. The monoisotopic (exact) mass is 457 g/mol. The Morgan fingerprint density at radius 3 is 2.81 bits per heavy atom. The number of nitrogens with two attached hydrogens (primary N) is 1. The van der Waals surface area contributed by atoms with Gasteiger partial charge in [-0.1, -0.05) is 17.7 Å². The maximum absolute atomic E-state index is 14.9. The zero-order chi connectivity index (χ0) is 23.4. The third-order valence-corrected chi connectivity index (χ3v) is 5.90. The molecule has 1 aliphatic rings. The number of thioether (sulfide) groups is 1. The van der Waals surface area contributed by atoms with Crippen molar-refractivity contribution < 1.29 is 18.7 Å². The van der Waals surface area contributed by atoms with Crippen molar-refractivity contribution in [2.75, 3.05) is 25.6 Å². The number of amidine groups is 1. The number of halogens is 1. The molecule has 1 amide bonds. The number of terminal acetylenes is 1. The normalized spacial score (nSPS) is 22.5. The number of nitrogens with zero attached hydrogens (tertiary/aromatic N) is 3. The quantitative estimate of drug-likeness (QED) is 0.615. The molecule has 1 aromatic heterocycles. The number of carbonyl (C=O) groups excluding carboxylic acids is 1. The number of rotatable bonds is 7. The summed E-state index contributed by atoms with van der Waals surface area (Å²) in [6, 6.07) is 4.32. The van der Waals surface area contributed by atoms with Crippen molar-refractivity contribution in [3.63, 3.8) is 0 Å². The Hall–Kier alpha value is -3.16. The number of anilines is 1. The summed E-state index contributed by atoms with van der Waals surface area (Å²) < 4.78 is 25.0. The van der Waals surface area contributed by atoms with Crippen molar-refractivity contribution in [1.82, 2.24) is 9.97 Å². The first-order valence-corrected chi connectivity index (χ1v) is 10.5. The largest absolute Gasteiger partial charge is 0.463 e. The third-order valence-electron chi connectivity index (χ3n) is 4.84. The van der Waals surface area contributed by atoms with Gasteiger partial charge in [-0.15, -0.1) is 6.42 Å². The lowest BCUT2D eigenvalue weighted by atomic mass is 9.83. The molecule has 8 nitrogen and oxygen atoms in total. The van der Waals surface area contributed by atoms with Crippen LogP contribution in [0.2, 0.25) is 0 Å². The summed E-state index contributed by atoms with van der Waals surface area (Å²) in [5.74, 6) is 1.58. The predicted molar refractivity (Wildman–Crippen MR) is 122 cm³/mol. The van der Waals surface area contributed by atoms with E-state index in [1.54, 1.807) is 13.2 Å². The maximum Gasteiger partial charge on any atom is 0.275 e. The number of ether oxygens (including phenoxy) is 2. The number of aliphatic imine (C=N–C) groups is 1. The number of nitrogens with one attached hydrogen (secondary N) is 1. The fourth-order valence-electron chi connectivity index (χ4n) is 3.70. The third kappa shape index (κ3) is 5.36. The molecule has 2 aromatic rings. The van der Waals surface area contributed by atoms with Crippen LogP contribution in [0.4, 0.5) is 10.1 Å². The second kappa shape index (κ2) is 9.54. The van der Waals surface area contributed by atoms with Gasteiger partial charge in [-0.2, -0.15) is 0 Å². The fraction of sp³-hybridized carbons (Fsp3) is 0.364. The van der Waals surface area contributed by atoms with Crippen LogP contribution in [-0.4, -0.2) is 46.1 Å². The van der Waals surface area contributed by atoms with Gasteiger partial charge in [0.25, 0.3) is 5.91 Å². The molecule has 32 heavy (non-hydrogen) atoms.